The number of halogens is 1. The Morgan fingerprint density at radius 1 is 1.00 bits per heavy atom. The van der Waals surface area contributed by atoms with Crippen molar-refractivity contribution in [1.29, 1.82) is 5.26 Å². The van der Waals surface area contributed by atoms with Crippen LogP contribution in [-0.2, 0) is 11.3 Å². The van der Waals surface area contributed by atoms with Gasteiger partial charge in [-0.25, -0.2) is 9.48 Å². The highest BCUT2D eigenvalue weighted by atomic mass is 35.5. The molecule has 0 spiro atoms. The topological polar surface area (TPSA) is 67.9 Å². The fraction of sp³-hybridized carbons (Fsp3) is 0.0417. The van der Waals surface area contributed by atoms with Gasteiger partial charge in [0.2, 0.25) is 0 Å². The molecule has 6 heteroatoms. The Bertz CT molecular complexity index is 1210. The number of rotatable bonds is 5. The van der Waals surface area contributed by atoms with E-state index in [2.05, 4.69) is 11.2 Å². The van der Waals surface area contributed by atoms with E-state index in [-0.39, 0.29) is 6.61 Å². The lowest BCUT2D eigenvalue weighted by Gasteiger charge is -2.05. The third-order valence-electron chi connectivity index (χ3n) is 4.53. The van der Waals surface area contributed by atoms with Gasteiger partial charge in [-0.3, -0.25) is 0 Å². The van der Waals surface area contributed by atoms with E-state index in [4.69, 9.17) is 21.6 Å². The predicted octanol–water partition coefficient (Wildman–Crippen LogP) is 5.42. The SMILES string of the molecule is N#Cc1ccc(COC(=O)c2cn(-c3ccccc3)nc2-c2ccc(Cl)cc2)cc1. The summed E-state index contributed by atoms with van der Waals surface area (Å²) in [7, 11) is 0. The maximum Gasteiger partial charge on any atom is 0.342 e. The number of hydrogen-bond acceptors (Lipinski definition) is 4. The van der Waals surface area contributed by atoms with Crippen molar-refractivity contribution in [3.63, 3.8) is 0 Å². The molecule has 0 radical (unpaired) electrons. The smallest absolute Gasteiger partial charge is 0.342 e. The van der Waals surface area contributed by atoms with E-state index in [9.17, 15) is 4.79 Å². The Labute approximate surface area is 178 Å². The van der Waals surface area contributed by atoms with E-state index in [1.54, 1.807) is 47.3 Å². The molecule has 0 bridgehead atoms. The summed E-state index contributed by atoms with van der Waals surface area (Å²) in [5.74, 6) is -0.480. The number of esters is 1. The maximum atomic E-state index is 12.9. The number of aromatic nitrogens is 2. The van der Waals surface area contributed by atoms with Crippen molar-refractivity contribution < 1.29 is 9.53 Å². The molecule has 4 aromatic rings. The van der Waals surface area contributed by atoms with Crippen LogP contribution in [0, 0.1) is 11.3 Å². The number of para-hydroxylation sites is 1. The van der Waals surface area contributed by atoms with E-state index in [0.29, 0.717) is 21.8 Å². The van der Waals surface area contributed by atoms with Crippen LogP contribution in [0.5, 0.6) is 0 Å². The van der Waals surface area contributed by atoms with Gasteiger partial charge in [0.15, 0.2) is 0 Å². The average molecular weight is 414 g/mol. The van der Waals surface area contributed by atoms with Crippen LogP contribution in [0.3, 0.4) is 0 Å². The lowest BCUT2D eigenvalue weighted by molar-refractivity contribution is 0.0473. The second kappa shape index (κ2) is 8.64. The first-order valence-electron chi connectivity index (χ1n) is 9.21. The summed E-state index contributed by atoms with van der Waals surface area (Å²) in [6.45, 7) is 0.0983. The van der Waals surface area contributed by atoms with Crippen LogP contribution in [0.2, 0.25) is 5.02 Å². The largest absolute Gasteiger partial charge is 0.457 e. The van der Waals surface area contributed by atoms with Crippen molar-refractivity contribution in [2.45, 2.75) is 6.61 Å². The van der Waals surface area contributed by atoms with Gasteiger partial charge >= 0.3 is 5.97 Å². The minimum absolute atomic E-state index is 0.0983. The summed E-state index contributed by atoms with van der Waals surface area (Å²) in [5.41, 5.74) is 3.82. The van der Waals surface area contributed by atoms with Crippen LogP contribution < -0.4 is 0 Å². The van der Waals surface area contributed by atoms with Crippen LogP contribution >= 0.6 is 11.6 Å². The first-order chi connectivity index (χ1) is 14.6. The lowest BCUT2D eigenvalue weighted by Crippen LogP contribution is -2.06. The van der Waals surface area contributed by atoms with Crippen molar-refractivity contribution in [1.82, 2.24) is 9.78 Å². The highest BCUT2D eigenvalue weighted by molar-refractivity contribution is 6.30. The molecule has 0 atom stereocenters. The molecule has 146 valence electrons. The first kappa shape index (κ1) is 19.4. The molecule has 30 heavy (non-hydrogen) atoms. The molecule has 0 fully saturated rings. The Morgan fingerprint density at radius 3 is 2.37 bits per heavy atom. The molecule has 0 N–H and O–H groups in total. The molecule has 0 saturated carbocycles. The summed E-state index contributed by atoms with van der Waals surface area (Å²) in [6.07, 6.45) is 1.67. The molecule has 3 aromatic carbocycles. The average Bonchev–Trinajstić information content (AvgIpc) is 3.24. The van der Waals surface area contributed by atoms with Crippen molar-refractivity contribution in [2.24, 2.45) is 0 Å². The van der Waals surface area contributed by atoms with Crippen LogP contribution in [0.4, 0.5) is 0 Å². The van der Waals surface area contributed by atoms with E-state index < -0.39 is 5.97 Å². The van der Waals surface area contributed by atoms with Crippen LogP contribution in [-0.4, -0.2) is 15.7 Å². The molecule has 1 heterocycles. The molecule has 0 aliphatic carbocycles. The van der Waals surface area contributed by atoms with Crippen LogP contribution in [0.1, 0.15) is 21.5 Å². The number of benzene rings is 3. The molecule has 0 aliphatic heterocycles. The second-order valence-electron chi connectivity index (χ2n) is 6.56. The third kappa shape index (κ3) is 4.24. The van der Waals surface area contributed by atoms with Crippen LogP contribution in [0.25, 0.3) is 16.9 Å². The number of nitrogens with zero attached hydrogens (tertiary/aromatic N) is 3. The van der Waals surface area contributed by atoms with Crippen molar-refractivity contribution >= 4 is 17.6 Å². The molecule has 0 amide bonds. The fourth-order valence-electron chi connectivity index (χ4n) is 2.96. The summed E-state index contributed by atoms with van der Waals surface area (Å²) in [6, 6.07) is 25.7. The monoisotopic (exact) mass is 413 g/mol. The van der Waals surface area contributed by atoms with Gasteiger partial charge in [0, 0.05) is 16.8 Å². The molecule has 1 aromatic heterocycles. The number of carbonyl (C=O) groups is 1. The summed E-state index contributed by atoms with van der Waals surface area (Å²) in [5, 5.41) is 14.1. The zero-order valence-corrected chi connectivity index (χ0v) is 16.6. The van der Waals surface area contributed by atoms with Crippen molar-refractivity contribution in [3.05, 3.63) is 107 Å². The van der Waals surface area contributed by atoms with E-state index in [1.165, 1.54) is 0 Å². The van der Waals surface area contributed by atoms with E-state index in [1.807, 2.05) is 42.5 Å². The van der Waals surface area contributed by atoms with Crippen molar-refractivity contribution in [3.8, 4) is 23.0 Å². The highest BCUT2D eigenvalue weighted by Gasteiger charge is 2.20. The Hall–Kier alpha value is -3.88. The Balaban J connectivity index is 1.64. The molecular weight excluding hydrogens is 398 g/mol. The molecule has 0 aliphatic rings. The normalized spacial score (nSPS) is 10.4. The maximum absolute atomic E-state index is 12.9. The molecule has 5 nitrogen and oxygen atoms in total. The van der Waals surface area contributed by atoms with Gasteiger partial charge in [-0.15, -0.1) is 0 Å². The van der Waals surface area contributed by atoms with Gasteiger partial charge in [-0.2, -0.15) is 10.4 Å². The minimum atomic E-state index is -0.480. The predicted molar refractivity (Wildman–Crippen MR) is 114 cm³/mol. The van der Waals surface area contributed by atoms with Gasteiger partial charge in [0.25, 0.3) is 0 Å². The van der Waals surface area contributed by atoms with Gasteiger partial charge in [-0.1, -0.05) is 54.1 Å². The van der Waals surface area contributed by atoms with E-state index >= 15 is 0 Å². The second-order valence-corrected chi connectivity index (χ2v) is 7.00. The van der Waals surface area contributed by atoms with Gasteiger partial charge < -0.3 is 4.74 Å². The van der Waals surface area contributed by atoms with Gasteiger partial charge in [-0.05, 0) is 42.0 Å². The fourth-order valence-corrected chi connectivity index (χ4v) is 3.09. The summed E-state index contributed by atoms with van der Waals surface area (Å²) in [4.78, 5) is 12.9. The zero-order chi connectivity index (χ0) is 20.9. The standard InChI is InChI=1S/C24H16ClN3O2/c25-20-12-10-19(11-13-20)23-22(15-28(27-23)21-4-2-1-3-5-21)24(29)30-16-18-8-6-17(14-26)7-9-18/h1-13,15H,16H2. The first-order valence-corrected chi connectivity index (χ1v) is 9.59. The van der Waals surface area contributed by atoms with Crippen LogP contribution in [0.15, 0.2) is 85.1 Å². The van der Waals surface area contributed by atoms with Gasteiger partial charge in [0.1, 0.15) is 17.9 Å². The lowest BCUT2D eigenvalue weighted by atomic mass is 10.1. The van der Waals surface area contributed by atoms with Crippen molar-refractivity contribution in [2.75, 3.05) is 0 Å². The third-order valence-corrected chi connectivity index (χ3v) is 4.78. The Morgan fingerprint density at radius 2 is 1.70 bits per heavy atom. The molecular formula is C24H16ClN3O2. The number of hydrogen-bond donors (Lipinski definition) is 0. The molecule has 0 saturated heterocycles. The number of carbonyl (C=O) groups excluding carboxylic acids is 1. The number of ether oxygens (including phenoxy) is 1. The quantitative estimate of drug-likeness (QED) is 0.409. The zero-order valence-electron chi connectivity index (χ0n) is 15.8. The summed E-state index contributed by atoms with van der Waals surface area (Å²) >= 11 is 6.00. The number of nitriles is 1. The van der Waals surface area contributed by atoms with Gasteiger partial charge in [0.05, 0.1) is 17.3 Å². The highest BCUT2D eigenvalue weighted by Crippen LogP contribution is 2.26. The van der Waals surface area contributed by atoms with E-state index in [0.717, 1.165) is 16.8 Å². The summed E-state index contributed by atoms with van der Waals surface area (Å²) < 4.78 is 7.18. The molecule has 4 rings (SSSR count). The molecule has 0 unspecified atom stereocenters. The Kier molecular flexibility index (Phi) is 5.60. The minimum Gasteiger partial charge on any atom is -0.457 e.